The van der Waals surface area contributed by atoms with Crippen molar-refractivity contribution in [3.63, 3.8) is 0 Å². The van der Waals surface area contributed by atoms with Crippen molar-refractivity contribution >= 4 is 11.8 Å². The van der Waals surface area contributed by atoms with E-state index in [1.165, 1.54) is 17.3 Å². The van der Waals surface area contributed by atoms with E-state index in [9.17, 15) is 15.3 Å². The lowest BCUT2D eigenvalue weighted by Crippen LogP contribution is -2.57. The van der Waals surface area contributed by atoms with Gasteiger partial charge < -0.3 is 29.5 Å². The standard InChI is InChI=1S/C28H32O6S/c1-2-28(17-18-8-9-21-22(16-18)33-15-14-32-21)12-10-19(11-13-28)26-24(30)23(29)25(31)27(34-26)35-20-6-4-3-5-7-20/h3-12,16,23-27,29-31H,2,13-15,17H2,1H3/t23-,24-,25+,26+,27?,28?/m1/s1. The Bertz CT molecular complexity index is 1090. The van der Waals surface area contributed by atoms with E-state index in [0.717, 1.165) is 41.2 Å². The first kappa shape index (κ1) is 24.4. The second kappa shape index (κ2) is 10.4. The summed E-state index contributed by atoms with van der Waals surface area (Å²) in [7, 11) is 0. The van der Waals surface area contributed by atoms with Crippen molar-refractivity contribution in [2.75, 3.05) is 13.2 Å². The number of aliphatic hydroxyl groups is 3. The van der Waals surface area contributed by atoms with Gasteiger partial charge in [0, 0.05) is 4.90 Å². The summed E-state index contributed by atoms with van der Waals surface area (Å²) in [4.78, 5) is 0.927. The molecule has 2 heterocycles. The van der Waals surface area contributed by atoms with Crippen LogP contribution in [0.4, 0.5) is 0 Å². The zero-order valence-corrected chi connectivity index (χ0v) is 20.6. The highest BCUT2D eigenvalue weighted by Gasteiger charge is 2.45. The number of rotatable bonds is 6. The highest BCUT2D eigenvalue weighted by atomic mass is 32.2. The van der Waals surface area contributed by atoms with Gasteiger partial charge in [-0.3, -0.25) is 0 Å². The fraction of sp³-hybridized carbons (Fsp3) is 0.429. The van der Waals surface area contributed by atoms with Gasteiger partial charge >= 0.3 is 0 Å². The normalized spacial score (nSPS) is 32.2. The molecule has 0 spiro atoms. The van der Waals surface area contributed by atoms with Crippen LogP contribution in [0.25, 0.3) is 0 Å². The van der Waals surface area contributed by atoms with Crippen LogP contribution in [-0.4, -0.2) is 58.4 Å². The zero-order valence-electron chi connectivity index (χ0n) is 19.7. The Morgan fingerprint density at radius 2 is 1.71 bits per heavy atom. The van der Waals surface area contributed by atoms with E-state index >= 15 is 0 Å². The van der Waals surface area contributed by atoms with Crippen molar-refractivity contribution in [3.05, 3.63) is 77.9 Å². The molecule has 5 rings (SSSR count). The third kappa shape index (κ3) is 5.15. The average molecular weight is 497 g/mol. The first-order valence-electron chi connectivity index (χ1n) is 12.2. The maximum atomic E-state index is 10.7. The summed E-state index contributed by atoms with van der Waals surface area (Å²) in [5.41, 5.74) is 1.26. The summed E-state index contributed by atoms with van der Waals surface area (Å²) in [6.45, 7) is 3.32. The third-order valence-electron chi connectivity index (χ3n) is 7.13. The van der Waals surface area contributed by atoms with E-state index in [-0.39, 0.29) is 5.41 Å². The van der Waals surface area contributed by atoms with E-state index in [4.69, 9.17) is 14.2 Å². The van der Waals surface area contributed by atoms with Crippen LogP contribution in [-0.2, 0) is 11.2 Å². The van der Waals surface area contributed by atoms with E-state index in [2.05, 4.69) is 31.2 Å². The highest BCUT2D eigenvalue weighted by molar-refractivity contribution is 7.99. The molecule has 0 aromatic heterocycles. The van der Waals surface area contributed by atoms with Gasteiger partial charge in [0.1, 0.15) is 43.1 Å². The largest absolute Gasteiger partial charge is 0.486 e. The molecule has 2 aromatic rings. The molecule has 6 nitrogen and oxygen atoms in total. The molecule has 7 heteroatoms. The molecular formula is C28H32O6S. The summed E-state index contributed by atoms with van der Waals surface area (Å²) in [5, 5.41) is 31.8. The second-order valence-electron chi connectivity index (χ2n) is 9.44. The van der Waals surface area contributed by atoms with Gasteiger partial charge in [0.25, 0.3) is 0 Å². The van der Waals surface area contributed by atoms with Crippen molar-refractivity contribution in [2.45, 2.75) is 60.9 Å². The number of benzene rings is 2. The molecule has 0 radical (unpaired) electrons. The number of thioether (sulfide) groups is 1. The van der Waals surface area contributed by atoms with Crippen LogP contribution in [0, 0.1) is 5.41 Å². The molecule has 0 saturated carbocycles. The third-order valence-corrected chi connectivity index (χ3v) is 8.30. The van der Waals surface area contributed by atoms with Crippen LogP contribution in [0.5, 0.6) is 11.5 Å². The first-order chi connectivity index (χ1) is 17.0. The molecule has 1 saturated heterocycles. The molecule has 2 aliphatic heterocycles. The van der Waals surface area contributed by atoms with Gasteiger partial charge in [-0.25, -0.2) is 0 Å². The lowest BCUT2D eigenvalue weighted by atomic mass is 9.72. The lowest BCUT2D eigenvalue weighted by molar-refractivity contribution is -0.186. The van der Waals surface area contributed by atoms with Gasteiger partial charge in [-0.2, -0.15) is 0 Å². The number of ether oxygens (including phenoxy) is 3. The molecule has 186 valence electrons. The minimum atomic E-state index is -1.29. The molecule has 2 unspecified atom stereocenters. The number of hydrogen-bond acceptors (Lipinski definition) is 7. The van der Waals surface area contributed by atoms with Crippen LogP contribution in [0.15, 0.2) is 77.2 Å². The Morgan fingerprint density at radius 1 is 0.943 bits per heavy atom. The van der Waals surface area contributed by atoms with E-state index in [1.54, 1.807) is 0 Å². The first-order valence-corrected chi connectivity index (χ1v) is 13.1. The smallest absolute Gasteiger partial charge is 0.161 e. The van der Waals surface area contributed by atoms with Gasteiger partial charge in [0.2, 0.25) is 0 Å². The summed E-state index contributed by atoms with van der Waals surface area (Å²) in [6.07, 6.45) is 4.49. The molecule has 0 amide bonds. The molecule has 2 aromatic carbocycles. The molecule has 35 heavy (non-hydrogen) atoms. The lowest BCUT2D eigenvalue weighted by Gasteiger charge is -2.42. The van der Waals surface area contributed by atoms with Crippen LogP contribution in [0.3, 0.4) is 0 Å². The number of allylic oxidation sites excluding steroid dienone is 2. The van der Waals surface area contributed by atoms with Crippen molar-refractivity contribution in [2.24, 2.45) is 5.41 Å². The zero-order chi connectivity index (χ0) is 24.4. The summed E-state index contributed by atoms with van der Waals surface area (Å²) in [5.74, 6) is 1.59. The quantitative estimate of drug-likeness (QED) is 0.559. The number of fused-ring (bicyclic) bond motifs is 1. The molecule has 0 bridgehead atoms. The van der Waals surface area contributed by atoms with Crippen molar-refractivity contribution < 1.29 is 29.5 Å². The topological polar surface area (TPSA) is 88.4 Å². The van der Waals surface area contributed by atoms with Gasteiger partial charge in [-0.1, -0.05) is 61.2 Å². The maximum Gasteiger partial charge on any atom is 0.161 e. The Kier molecular flexibility index (Phi) is 7.23. The number of hydrogen-bond donors (Lipinski definition) is 3. The fourth-order valence-electron chi connectivity index (χ4n) is 4.92. The van der Waals surface area contributed by atoms with Gasteiger partial charge in [0.15, 0.2) is 11.5 Å². The van der Waals surface area contributed by atoms with E-state index in [1.807, 2.05) is 42.5 Å². The summed E-state index contributed by atoms with van der Waals surface area (Å²) < 4.78 is 17.6. The van der Waals surface area contributed by atoms with Gasteiger partial charge in [-0.05, 0) is 60.1 Å². The maximum absolute atomic E-state index is 10.7. The summed E-state index contributed by atoms with van der Waals surface area (Å²) >= 11 is 1.35. The summed E-state index contributed by atoms with van der Waals surface area (Å²) in [6, 6.07) is 15.8. The monoisotopic (exact) mass is 496 g/mol. The van der Waals surface area contributed by atoms with Crippen LogP contribution >= 0.6 is 11.8 Å². The molecule has 3 N–H and O–H groups in total. The van der Waals surface area contributed by atoms with Crippen LogP contribution in [0.2, 0.25) is 0 Å². The molecule has 1 fully saturated rings. The molecule has 3 aliphatic rings. The predicted octanol–water partition coefficient (Wildman–Crippen LogP) is 3.88. The fourth-order valence-corrected chi connectivity index (χ4v) is 5.98. The van der Waals surface area contributed by atoms with Gasteiger partial charge in [-0.15, -0.1) is 0 Å². The SMILES string of the molecule is CCC1(Cc2ccc3c(c2)OCCO3)C=CC([C@@H]2OC(Sc3ccccc3)[C@@H](O)[C@H](O)[C@H]2O)=CC1. The Morgan fingerprint density at radius 3 is 2.43 bits per heavy atom. The van der Waals surface area contributed by atoms with E-state index in [0.29, 0.717) is 13.2 Å². The van der Waals surface area contributed by atoms with Crippen LogP contribution < -0.4 is 9.47 Å². The Labute approximate surface area is 210 Å². The number of aliphatic hydroxyl groups excluding tert-OH is 3. The van der Waals surface area contributed by atoms with E-state index < -0.39 is 29.9 Å². The Balaban J connectivity index is 1.30. The molecule has 6 atom stereocenters. The average Bonchev–Trinajstić information content (AvgIpc) is 2.90. The second-order valence-corrected chi connectivity index (χ2v) is 10.6. The van der Waals surface area contributed by atoms with Crippen LogP contribution in [0.1, 0.15) is 25.3 Å². The predicted molar refractivity (Wildman–Crippen MR) is 135 cm³/mol. The van der Waals surface area contributed by atoms with Crippen molar-refractivity contribution in [3.8, 4) is 11.5 Å². The minimum absolute atomic E-state index is 0.0663. The Hall–Kier alpha value is -2.29. The minimum Gasteiger partial charge on any atom is -0.486 e. The molecular weight excluding hydrogens is 464 g/mol. The molecule has 1 aliphatic carbocycles. The van der Waals surface area contributed by atoms with Crippen molar-refractivity contribution in [1.29, 1.82) is 0 Å². The van der Waals surface area contributed by atoms with Crippen molar-refractivity contribution in [1.82, 2.24) is 0 Å². The van der Waals surface area contributed by atoms with Gasteiger partial charge in [0.05, 0.1) is 0 Å². The highest BCUT2D eigenvalue weighted by Crippen LogP contribution is 2.42.